The molecular formula is C9H11N7O2. The molecule has 2 aromatic rings. The van der Waals surface area contributed by atoms with Gasteiger partial charge in [0.1, 0.15) is 6.54 Å². The van der Waals surface area contributed by atoms with Crippen molar-refractivity contribution in [3.8, 4) is 0 Å². The smallest absolute Gasteiger partial charge is 0.246 e. The third-order valence-corrected chi connectivity index (χ3v) is 1.93. The van der Waals surface area contributed by atoms with Gasteiger partial charge in [-0.05, 0) is 0 Å². The number of carbonyl (C=O) groups excluding carboxylic acids is 2. The van der Waals surface area contributed by atoms with E-state index in [-0.39, 0.29) is 18.4 Å². The quantitative estimate of drug-likeness (QED) is 0.681. The number of aromatic amines is 1. The van der Waals surface area contributed by atoms with Crippen LogP contribution >= 0.6 is 0 Å². The highest BCUT2D eigenvalue weighted by molar-refractivity contribution is 5.90. The fourth-order valence-corrected chi connectivity index (χ4v) is 1.28. The van der Waals surface area contributed by atoms with Gasteiger partial charge in [0.05, 0.1) is 18.1 Å². The van der Waals surface area contributed by atoms with Crippen LogP contribution in [0.1, 0.15) is 6.92 Å². The highest BCUT2D eigenvalue weighted by Crippen LogP contribution is 2.03. The van der Waals surface area contributed by atoms with Gasteiger partial charge >= 0.3 is 0 Å². The van der Waals surface area contributed by atoms with Gasteiger partial charge in [-0.2, -0.15) is 5.10 Å². The Hall–Kier alpha value is -2.71. The van der Waals surface area contributed by atoms with E-state index in [2.05, 4.69) is 31.1 Å². The Morgan fingerprint density at radius 3 is 2.94 bits per heavy atom. The van der Waals surface area contributed by atoms with Crippen LogP contribution < -0.4 is 10.6 Å². The molecule has 0 bridgehead atoms. The summed E-state index contributed by atoms with van der Waals surface area (Å²) in [5.41, 5.74) is 0.571. The summed E-state index contributed by atoms with van der Waals surface area (Å²) in [6.45, 7) is 1.36. The van der Waals surface area contributed by atoms with Gasteiger partial charge in [0, 0.05) is 13.1 Å². The molecule has 3 N–H and O–H groups in total. The molecule has 0 aliphatic carbocycles. The number of amides is 2. The van der Waals surface area contributed by atoms with Crippen molar-refractivity contribution >= 4 is 23.3 Å². The van der Waals surface area contributed by atoms with Crippen LogP contribution in [0.5, 0.6) is 0 Å². The lowest BCUT2D eigenvalue weighted by Crippen LogP contribution is -2.18. The predicted octanol–water partition coefficient (Wildman–Crippen LogP) is -0.402. The van der Waals surface area contributed by atoms with Crippen molar-refractivity contribution in [2.45, 2.75) is 13.5 Å². The molecule has 0 saturated carbocycles. The standard InChI is InChI=1S/C9H11N7O2/c1-6(17)12-8-4-16(15-14-8)5-9(18)13-7-2-10-11-3-7/h2-4H,5H2,1H3,(H,10,11)(H,12,17)(H,13,18). The highest BCUT2D eigenvalue weighted by atomic mass is 16.2. The predicted molar refractivity (Wildman–Crippen MR) is 61.5 cm³/mol. The zero-order valence-electron chi connectivity index (χ0n) is 9.54. The molecule has 0 fully saturated rings. The first kappa shape index (κ1) is 11.8. The summed E-state index contributed by atoms with van der Waals surface area (Å²) >= 11 is 0. The van der Waals surface area contributed by atoms with Gasteiger partial charge in [-0.1, -0.05) is 5.21 Å². The molecule has 94 valence electrons. The first-order valence-corrected chi connectivity index (χ1v) is 5.10. The highest BCUT2D eigenvalue weighted by Gasteiger charge is 2.07. The molecule has 18 heavy (non-hydrogen) atoms. The van der Waals surface area contributed by atoms with E-state index >= 15 is 0 Å². The van der Waals surface area contributed by atoms with Crippen LogP contribution in [-0.2, 0) is 16.1 Å². The summed E-state index contributed by atoms with van der Waals surface area (Å²) in [4.78, 5) is 22.4. The maximum absolute atomic E-state index is 11.6. The maximum atomic E-state index is 11.6. The van der Waals surface area contributed by atoms with Gasteiger partial charge in [-0.25, -0.2) is 4.68 Å². The molecule has 0 unspecified atom stereocenters. The molecule has 2 rings (SSSR count). The number of hydrogen-bond donors (Lipinski definition) is 3. The molecular weight excluding hydrogens is 238 g/mol. The monoisotopic (exact) mass is 249 g/mol. The molecule has 0 aliphatic heterocycles. The lowest BCUT2D eigenvalue weighted by molar-refractivity contribution is -0.117. The van der Waals surface area contributed by atoms with Crippen molar-refractivity contribution in [1.29, 1.82) is 0 Å². The number of rotatable bonds is 4. The van der Waals surface area contributed by atoms with E-state index in [1.165, 1.54) is 24.0 Å². The molecule has 0 spiro atoms. The summed E-state index contributed by atoms with van der Waals surface area (Å²) in [5, 5.41) is 18.7. The Morgan fingerprint density at radius 1 is 1.44 bits per heavy atom. The van der Waals surface area contributed by atoms with Crippen molar-refractivity contribution in [1.82, 2.24) is 25.2 Å². The van der Waals surface area contributed by atoms with Gasteiger partial charge in [0.25, 0.3) is 0 Å². The second-order valence-electron chi connectivity index (χ2n) is 3.52. The van der Waals surface area contributed by atoms with Crippen LogP contribution in [0.25, 0.3) is 0 Å². The molecule has 0 atom stereocenters. The number of carbonyl (C=O) groups is 2. The average molecular weight is 249 g/mol. The SMILES string of the molecule is CC(=O)Nc1cn(CC(=O)Nc2cn[nH]c2)nn1. The zero-order chi connectivity index (χ0) is 13.0. The van der Waals surface area contributed by atoms with Crippen LogP contribution in [-0.4, -0.2) is 37.0 Å². The van der Waals surface area contributed by atoms with E-state index < -0.39 is 0 Å². The lowest BCUT2D eigenvalue weighted by atomic mass is 10.5. The summed E-state index contributed by atoms with van der Waals surface area (Å²) < 4.78 is 1.32. The number of anilines is 2. The molecule has 2 aromatic heterocycles. The van der Waals surface area contributed by atoms with Crippen molar-refractivity contribution in [2.24, 2.45) is 0 Å². The van der Waals surface area contributed by atoms with Crippen LogP contribution in [0.3, 0.4) is 0 Å². The third-order valence-electron chi connectivity index (χ3n) is 1.93. The summed E-state index contributed by atoms with van der Waals surface area (Å²) in [5.74, 6) is -0.209. The normalized spacial score (nSPS) is 10.1. The fraction of sp³-hybridized carbons (Fsp3) is 0.222. The lowest BCUT2D eigenvalue weighted by Gasteiger charge is -2.01. The number of H-pyrrole nitrogens is 1. The number of hydrogen-bond acceptors (Lipinski definition) is 5. The largest absolute Gasteiger partial charge is 0.322 e. The first-order chi connectivity index (χ1) is 8.63. The topological polar surface area (TPSA) is 118 Å². The molecule has 0 saturated heterocycles. The Kier molecular flexibility index (Phi) is 3.32. The third kappa shape index (κ3) is 3.14. The van der Waals surface area contributed by atoms with Crippen molar-refractivity contribution in [2.75, 3.05) is 10.6 Å². The zero-order valence-corrected chi connectivity index (χ0v) is 9.54. The fourth-order valence-electron chi connectivity index (χ4n) is 1.28. The maximum Gasteiger partial charge on any atom is 0.246 e. The van der Waals surface area contributed by atoms with Crippen LogP contribution in [0.4, 0.5) is 11.5 Å². The van der Waals surface area contributed by atoms with Crippen molar-refractivity contribution in [3.05, 3.63) is 18.6 Å². The van der Waals surface area contributed by atoms with E-state index in [4.69, 9.17) is 0 Å². The van der Waals surface area contributed by atoms with Crippen LogP contribution in [0.15, 0.2) is 18.6 Å². The van der Waals surface area contributed by atoms with Crippen LogP contribution in [0, 0.1) is 0 Å². The number of nitrogens with one attached hydrogen (secondary N) is 3. The molecule has 0 radical (unpaired) electrons. The molecule has 9 nitrogen and oxygen atoms in total. The van der Waals surface area contributed by atoms with Gasteiger partial charge in [0.2, 0.25) is 11.8 Å². The molecule has 9 heteroatoms. The van der Waals surface area contributed by atoms with Gasteiger partial charge in [-0.15, -0.1) is 5.10 Å². The minimum absolute atomic E-state index is 0.00222. The Morgan fingerprint density at radius 2 is 2.28 bits per heavy atom. The Labute approximate surface area is 102 Å². The summed E-state index contributed by atoms with van der Waals surface area (Å²) in [6.07, 6.45) is 4.51. The van der Waals surface area contributed by atoms with E-state index in [0.29, 0.717) is 11.5 Å². The van der Waals surface area contributed by atoms with Gasteiger partial charge in [-0.3, -0.25) is 14.7 Å². The average Bonchev–Trinajstić information content (AvgIpc) is 2.89. The second-order valence-corrected chi connectivity index (χ2v) is 3.52. The molecule has 2 heterocycles. The van der Waals surface area contributed by atoms with E-state index in [1.54, 1.807) is 6.20 Å². The Balaban J connectivity index is 1.91. The minimum Gasteiger partial charge on any atom is -0.322 e. The van der Waals surface area contributed by atoms with Gasteiger partial charge < -0.3 is 10.6 Å². The summed E-state index contributed by atoms with van der Waals surface area (Å²) in [7, 11) is 0. The summed E-state index contributed by atoms with van der Waals surface area (Å²) in [6, 6.07) is 0. The second kappa shape index (κ2) is 5.08. The van der Waals surface area contributed by atoms with Gasteiger partial charge in [0.15, 0.2) is 5.82 Å². The number of nitrogens with zero attached hydrogens (tertiary/aromatic N) is 4. The van der Waals surface area contributed by atoms with Crippen molar-refractivity contribution in [3.63, 3.8) is 0 Å². The minimum atomic E-state index is -0.268. The molecule has 0 aromatic carbocycles. The molecule has 2 amide bonds. The van der Waals surface area contributed by atoms with E-state index in [0.717, 1.165) is 0 Å². The Bertz CT molecular complexity index is 545. The number of aromatic nitrogens is 5. The first-order valence-electron chi connectivity index (χ1n) is 5.10. The van der Waals surface area contributed by atoms with E-state index in [9.17, 15) is 9.59 Å². The van der Waals surface area contributed by atoms with Crippen molar-refractivity contribution < 1.29 is 9.59 Å². The van der Waals surface area contributed by atoms with E-state index in [1.807, 2.05) is 0 Å². The molecule has 0 aliphatic rings. The van der Waals surface area contributed by atoms with Crippen LogP contribution in [0.2, 0.25) is 0 Å².